The zero-order chi connectivity index (χ0) is 11.8. The topological polar surface area (TPSA) is 12.0 Å². The molecule has 1 nitrogen and oxygen atoms in total. The molecule has 0 amide bonds. The summed E-state index contributed by atoms with van der Waals surface area (Å²) >= 11 is 1.79. The molecule has 1 aromatic rings. The van der Waals surface area contributed by atoms with Crippen LogP contribution in [-0.2, 0) is 0 Å². The zero-order valence-electron chi connectivity index (χ0n) is 10.6. The number of unbranched alkanes of at least 4 members (excludes halogenated alkanes) is 2. The largest absolute Gasteiger partial charge is 0.310 e. The maximum absolute atomic E-state index is 3.56. The number of benzene rings is 1. The van der Waals surface area contributed by atoms with Crippen molar-refractivity contribution in [2.75, 3.05) is 12.8 Å². The molecule has 0 saturated carbocycles. The van der Waals surface area contributed by atoms with Crippen LogP contribution in [0.4, 0.5) is 0 Å². The average molecular weight is 237 g/mol. The number of hydrogen-bond donors (Lipinski definition) is 1. The van der Waals surface area contributed by atoms with Crippen LogP contribution in [-0.4, -0.2) is 12.8 Å². The summed E-state index contributed by atoms with van der Waals surface area (Å²) in [4.78, 5) is 1.34. The van der Waals surface area contributed by atoms with E-state index in [1.54, 1.807) is 11.8 Å². The first-order valence-electron chi connectivity index (χ1n) is 6.15. The van der Waals surface area contributed by atoms with E-state index in [1.165, 1.54) is 29.7 Å². The predicted molar refractivity (Wildman–Crippen MR) is 74.2 cm³/mol. The van der Waals surface area contributed by atoms with Gasteiger partial charge in [0.2, 0.25) is 0 Å². The van der Waals surface area contributed by atoms with Gasteiger partial charge in [0.25, 0.3) is 0 Å². The molecule has 0 bridgehead atoms. The minimum absolute atomic E-state index is 0.466. The molecule has 1 atom stereocenters. The van der Waals surface area contributed by atoms with Crippen LogP contribution < -0.4 is 5.32 Å². The predicted octanol–water partition coefficient (Wildman–Crippen LogP) is 4.25. The number of rotatable bonds is 7. The van der Waals surface area contributed by atoms with E-state index in [9.17, 15) is 0 Å². The highest BCUT2D eigenvalue weighted by Crippen LogP contribution is 2.18. The van der Waals surface area contributed by atoms with Crippen molar-refractivity contribution >= 4 is 11.8 Å². The van der Waals surface area contributed by atoms with Crippen LogP contribution in [0, 0.1) is 0 Å². The molecule has 0 radical (unpaired) electrons. The Labute approximate surface area is 104 Å². The summed E-state index contributed by atoms with van der Waals surface area (Å²) in [5.41, 5.74) is 1.38. The molecule has 0 aliphatic carbocycles. The highest BCUT2D eigenvalue weighted by molar-refractivity contribution is 7.98. The van der Waals surface area contributed by atoms with Gasteiger partial charge < -0.3 is 5.32 Å². The highest BCUT2D eigenvalue weighted by Gasteiger charge is 2.03. The van der Waals surface area contributed by atoms with Gasteiger partial charge in [-0.1, -0.05) is 31.9 Å². The normalized spacial score (nSPS) is 12.7. The third-order valence-electron chi connectivity index (χ3n) is 2.85. The summed E-state index contributed by atoms with van der Waals surface area (Å²) in [5, 5.41) is 3.56. The number of nitrogens with one attached hydrogen (secondary N) is 1. The fourth-order valence-corrected chi connectivity index (χ4v) is 2.11. The molecule has 0 aliphatic rings. The van der Waals surface area contributed by atoms with Crippen molar-refractivity contribution in [2.45, 2.75) is 44.0 Å². The second-order valence-electron chi connectivity index (χ2n) is 4.16. The summed E-state index contributed by atoms with van der Waals surface area (Å²) in [6.45, 7) is 5.60. The lowest BCUT2D eigenvalue weighted by Crippen LogP contribution is -2.19. The van der Waals surface area contributed by atoms with Gasteiger partial charge in [0.1, 0.15) is 0 Å². The Kier molecular flexibility index (Phi) is 6.58. The summed E-state index contributed by atoms with van der Waals surface area (Å²) in [6, 6.07) is 9.31. The van der Waals surface area contributed by atoms with Crippen LogP contribution in [0.3, 0.4) is 0 Å². The molecule has 0 aromatic heterocycles. The lowest BCUT2D eigenvalue weighted by molar-refractivity contribution is 0.544. The van der Waals surface area contributed by atoms with Crippen molar-refractivity contribution in [3.8, 4) is 0 Å². The molecular weight excluding hydrogens is 214 g/mol. The van der Waals surface area contributed by atoms with Gasteiger partial charge in [-0.05, 0) is 43.8 Å². The monoisotopic (exact) mass is 237 g/mol. The second-order valence-corrected chi connectivity index (χ2v) is 5.04. The molecule has 90 valence electrons. The fourth-order valence-electron chi connectivity index (χ4n) is 1.70. The van der Waals surface area contributed by atoms with E-state index < -0.39 is 0 Å². The first-order valence-corrected chi connectivity index (χ1v) is 7.37. The van der Waals surface area contributed by atoms with Crippen LogP contribution in [0.5, 0.6) is 0 Å². The molecule has 0 fully saturated rings. The Bertz CT molecular complexity index is 281. The summed E-state index contributed by atoms with van der Waals surface area (Å²) in [7, 11) is 0. The zero-order valence-corrected chi connectivity index (χ0v) is 11.4. The van der Waals surface area contributed by atoms with Crippen molar-refractivity contribution in [3.63, 3.8) is 0 Å². The maximum Gasteiger partial charge on any atom is 0.0291 e. The summed E-state index contributed by atoms with van der Waals surface area (Å²) in [5.74, 6) is 0. The third kappa shape index (κ3) is 4.58. The lowest BCUT2D eigenvalue weighted by atomic mass is 10.1. The summed E-state index contributed by atoms with van der Waals surface area (Å²) < 4.78 is 0. The van der Waals surface area contributed by atoms with E-state index in [0.717, 1.165) is 6.54 Å². The molecule has 0 heterocycles. The molecule has 0 spiro atoms. The number of hydrogen-bond acceptors (Lipinski definition) is 2. The molecular formula is C14H23NS. The standard InChI is InChI=1S/C14H23NS/c1-4-5-6-11-15-12(2)13-7-9-14(16-3)10-8-13/h7-10,12,15H,4-6,11H2,1-3H3. The Morgan fingerprint density at radius 2 is 1.88 bits per heavy atom. The minimum Gasteiger partial charge on any atom is -0.310 e. The van der Waals surface area contributed by atoms with E-state index in [1.807, 2.05) is 0 Å². The quantitative estimate of drug-likeness (QED) is 0.562. The van der Waals surface area contributed by atoms with E-state index in [4.69, 9.17) is 0 Å². The van der Waals surface area contributed by atoms with E-state index in [0.29, 0.717) is 6.04 Å². The van der Waals surface area contributed by atoms with Gasteiger partial charge >= 0.3 is 0 Å². The number of thioether (sulfide) groups is 1. The molecule has 1 unspecified atom stereocenters. The Morgan fingerprint density at radius 1 is 1.19 bits per heavy atom. The SMILES string of the molecule is CCCCCNC(C)c1ccc(SC)cc1. The van der Waals surface area contributed by atoms with E-state index >= 15 is 0 Å². The van der Waals surface area contributed by atoms with Crippen molar-refractivity contribution in [1.82, 2.24) is 5.32 Å². The van der Waals surface area contributed by atoms with E-state index in [2.05, 4.69) is 49.7 Å². The van der Waals surface area contributed by atoms with Gasteiger partial charge in [-0.2, -0.15) is 0 Å². The minimum atomic E-state index is 0.466. The average Bonchev–Trinajstić information content (AvgIpc) is 2.34. The summed E-state index contributed by atoms with van der Waals surface area (Å²) in [6.07, 6.45) is 6.01. The first kappa shape index (κ1) is 13.6. The highest BCUT2D eigenvalue weighted by atomic mass is 32.2. The molecule has 0 aliphatic heterocycles. The van der Waals surface area contributed by atoms with Crippen molar-refractivity contribution < 1.29 is 0 Å². The lowest BCUT2D eigenvalue weighted by Gasteiger charge is -2.14. The van der Waals surface area contributed by atoms with Crippen molar-refractivity contribution in [2.24, 2.45) is 0 Å². The van der Waals surface area contributed by atoms with Crippen LogP contribution in [0.1, 0.15) is 44.7 Å². The van der Waals surface area contributed by atoms with E-state index in [-0.39, 0.29) is 0 Å². The molecule has 1 N–H and O–H groups in total. The maximum atomic E-state index is 3.56. The second kappa shape index (κ2) is 7.75. The van der Waals surface area contributed by atoms with Gasteiger partial charge in [0, 0.05) is 10.9 Å². The van der Waals surface area contributed by atoms with Crippen LogP contribution in [0.25, 0.3) is 0 Å². The molecule has 0 saturated heterocycles. The van der Waals surface area contributed by atoms with Crippen LogP contribution in [0.15, 0.2) is 29.2 Å². The first-order chi connectivity index (χ1) is 7.77. The van der Waals surface area contributed by atoms with Crippen molar-refractivity contribution in [1.29, 1.82) is 0 Å². The van der Waals surface area contributed by atoms with Crippen LogP contribution in [0.2, 0.25) is 0 Å². The van der Waals surface area contributed by atoms with Gasteiger partial charge in [0.15, 0.2) is 0 Å². The van der Waals surface area contributed by atoms with Crippen LogP contribution >= 0.6 is 11.8 Å². The molecule has 2 heteroatoms. The van der Waals surface area contributed by atoms with Gasteiger partial charge in [0.05, 0.1) is 0 Å². The Hall–Kier alpha value is -0.470. The van der Waals surface area contributed by atoms with Gasteiger partial charge in [-0.15, -0.1) is 11.8 Å². The fraction of sp³-hybridized carbons (Fsp3) is 0.571. The molecule has 1 aromatic carbocycles. The molecule has 16 heavy (non-hydrogen) atoms. The van der Waals surface area contributed by atoms with Crippen molar-refractivity contribution in [3.05, 3.63) is 29.8 Å². The molecule has 1 rings (SSSR count). The Morgan fingerprint density at radius 3 is 2.44 bits per heavy atom. The van der Waals surface area contributed by atoms with Gasteiger partial charge in [-0.3, -0.25) is 0 Å². The smallest absolute Gasteiger partial charge is 0.0291 e. The van der Waals surface area contributed by atoms with Gasteiger partial charge in [-0.25, -0.2) is 0 Å². The third-order valence-corrected chi connectivity index (χ3v) is 3.59. The Balaban J connectivity index is 2.37.